The van der Waals surface area contributed by atoms with Crippen LogP contribution in [0.15, 0.2) is 24.3 Å². The second-order valence-corrected chi connectivity index (χ2v) is 5.01. The molecule has 0 fully saturated rings. The zero-order chi connectivity index (χ0) is 14.5. The number of methoxy groups -OCH3 is 1. The maximum Gasteiger partial charge on any atom is 0.325 e. The summed E-state index contributed by atoms with van der Waals surface area (Å²) in [6.07, 6.45) is 0.373. The third-order valence-electron chi connectivity index (χ3n) is 3.57. The second-order valence-electron chi connectivity index (χ2n) is 5.01. The Morgan fingerprint density at radius 3 is 2.90 bits per heavy atom. The topological polar surface area (TPSA) is 58.6 Å². The summed E-state index contributed by atoms with van der Waals surface area (Å²) in [4.78, 5) is 24.8. The van der Waals surface area contributed by atoms with Gasteiger partial charge in [0, 0.05) is 31.1 Å². The van der Waals surface area contributed by atoms with E-state index in [1.807, 2.05) is 12.1 Å². The Kier molecular flexibility index (Phi) is 4.61. The number of nitrogens with one attached hydrogen (secondary N) is 1. The van der Waals surface area contributed by atoms with Crippen LogP contribution in [0, 0.1) is 0 Å². The summed E-state index contributed by atoms with van der Waals surface area (Å²) >= 11 is 0. The fraction of sp³-hybridized carbons (Fsp3) is 0.467. The molecule has 1 heterocycles. The molecule has 1 aliphatic heterocycles. The van der Waals surface area contributed by atoms with Gasteiger partial charge in [-0.1, -0.05) is 25.1 Å². The molecule has 0 bridgehead atoms. The number of hydrogen-bond donors (Lipinski definition) is 1. The fourth-order valence-corrected chi connectivity index (χ4v) is 2.50. The third-order valence-corrected chi connectivity index (χ3v) is 3.57. The van der Waals surface area contributed by atoms with E-state index in [0.29, 0.717) is 18.9 Å². The smallest absolute Gasteiger partial charge is 0.325 e. The molecule has 0 spiro atoms. The Labute approximate surface area is 118 Å². The lowest BCUT2D eigenvalue weighted by atomic mass is 10.0. The Morgan fingerprint density at radius 2 is 2.15 bits per heavy atom. The van der Waals surface area contributed by atoms with Crippen LogP contribution in [0.5, 0.6) is 0 Å². The predicted octanol–water partition coefficient (Wildman–Crippen LogP) is 1.29. The van der Waals surface area contributed by atoms with Crippen LogP contribution >= 0.6 is 0 Å². The number of esters is 1. The SMILES string of the molecule is COC(=O)CNC(=O)CCN1CC(C)c2ccccc21. The molecule has 1 N–H and O–H groups in total. The second kappa shape index (κ2) is 6.41. The van der Waals surface area contributed by atoms with Gasteiger partial charge >= 0.3 is 5.97 Å². The van der Waals surface area contributed by atoms with E-state index in [-0.39, 0.29) is 12.5 Å². The van der Waals surface area contributed by atoms with Crippen LogP contribution in [0.25, 0.3) is 0 Å². The highest BCUT2D eigenvalue weighted by Crippen LogP contribution is 2.35. The molecule has 5 heteroatoms. The van der Waals surface area contributed by atoms with Crippen molar-refractivity contribution in [2.75, 3.05) is 31.6 Å². The lowest BCUT2D eigenvalue weighted by molar-refractivity contribution is -0.141. The normalized spacial score (nSPS) is 16.7. The number of fused-ring (bicyclic) bond motifs is 1. The van der Waals surface area contributed by atoms with Gasteiger partial charge in [0.1, 0.15) is 6.54 Å². The van der Waals surface area contributed by atoms with Gasteiger partial charge in [-0.25, -0.2) is 0 Å². The van der Waals surface area contributed by atoms with Crippen LogP contribution in [0.4, 0.5) is 5.69 Å². The number of nitrogens with zero attached hydrogens (tertiary/aromatic N) is 1. The van der Waals surface area contributed by atoms with E-state index >= 15 is 0 Å². The summed E-state index contributed by atoms with van der Waals surface area (Å²) in [7, 11) is 1.30. The van der Waals surface area contributed by atoms with Crippen molar-refractivity contribution in [1.82, 2.24) is 5.32 Å². The molecule has 108 valence electrons. The van der Waals surface area contributed by atoms with E-state index in [2.05, 4.69) is 34.0 Å². The number of amides is 1. The summed E-state index contributed by atoms with van der Waals surface area (Å²) in [6, 6.07) is 8.28. The molecule has 0 aliphatic carbocycles. The van der Waals surface area contributed by atoms with E-state index in [0.717, 1.165) is 6.54 Å². The van der Waals surface area contributed by atoms with Crippen molar-refractivity contribution >= 4 is 17.6 Å². The van der Waals surface area contributed by atoms with Gasteiger partial charge in [-0.3, -0.25) is 9.59 Å². The average Bonchev–Trinajstić information content (AvgIpc) is 2.79. The molecule has 0 aromatic heterocycles. The molecule has 0 saturated carbocycles. The number of hydrogen-bond acceptors (Lipinski definition) is 4. The largest absolute Gasteiger partial charge is 0.468 e. The first kappa shape index (κ1) is 14.4. The first-order valence-electron chi connectivity index (χ1n) is 6.79. The summed E-state index contributed by atoms with van der Waals surface area (Å²) in [6.45, 7) is 3.72. The van der Waals surface area contributed by atoms with Gasteiger partial charge in [-0.2, -0.15) is 0 Å². The first-order valence-corrected chi connectivity index (χ1v) is 6.79. The molecule has 1 amide bonds. The number of ether oxygens (including phenoxy) is 1. The van der Waals surface area contributed by atoms with Gasteiger partial charge < -0.3 is 15.0 Å². The van der Waals surface area contributed by atoms with Gasteiger partial charge in [0.25, 0.3) is 0 Å². The van der Waals surface area contributed by atoms with Gasteiger partial charge in [0.05, 0.1) is 7.11 Å². The highest BCUT2D eigenvalue weighted by molar-refractivity contribution is 5.82. The van der Waals surface area contributed by atoms with Gasteiger partial charge in [-0.15, -0.1) is 0 Å². The average molecular weight is 276 g/mol. The number of carbonyl (C=O) groups is 2. The summed E-state index contributed by atoms with van der Waals surface area (Å²) in [5.41, 5.74) is 2.54. The maximum atomic E-state index is 11.7. The highest BCUT2D eigenvalue weighted by atomic mass is 16.5. The Bertz CT molecular complexity index is 502. The Morgan fingerprint density at radius 1 is 1.40 bits per heavy atom. The monoisotopic (exact) mass is 276 g/mol. The van der Waals surface area contributed by atoms with Gasteiger partial charge in [0.15, 0.2) is 0 Å². The van der Waals surface area contributed by atoms with Crippen molar-refractivity contribution in [3.8, 4) is 0 Å². The number of para-hydroxylation sites is 1. The standard InChI is InChI=1S/C15H20N2O3/c1-11-10-17(13-6-4-3-5-12(11)13)8-7-14(18)16-9-15(19)20-2/h3-6,11H,7-10H2,1-2H3,(H,16,18). The number of rotatable bonds is 5. The van der Waals surface area contributed by atoms with E-state index in [9.17, 15) is 9.59 Å². The van der Waals surface area contributed by atoms with E-state index in [4.69, 9.17) is 0 Å². The molecule has 1 unspecified atom stereocenters. The van der Waals surface area contributed by atoms with Crippen molar-refractivity contribution in [1.29, 1.82) is 0 Å². The molecule has 1 aromatic rings. The molecule has 1 aromatic carbocycles. The Balaban J connectivity index is 1.84. The van der Waals surface area contributed by atoms with Crippen molar-refractivity contribution in [2.24, 2.45) is 0 Å². The molecule has 0 saturated heterocycles. The minimum atomic E-state index is -0.432. The van der Waals surface area contributed by atoms with Crippen LogP contribution < -0.4 is 10.2 Å². The summed E-state index contributed by atoms with van der Waals surface area (Å²) < 4.78 is 4.48. The van der Waals surface area contributed by atoms with Gasteiger partial charge in [0.2, 0.25) is 5.91 Å². The third kappa shape index (κ3) is 3.29. The molecule has 20 heavy (non-hydrogen) atoms. The van der Waals surface area contributed by atoms with Crippen LogP contribution in [0.2, 0.25) is 0 Å². The lowest BCUT2D eigenvalue weighted by Gasteiger charge is -2.19. The lowest BCUT2D eigenvalue weighted by Crippen LogP contribution is -2.33. The minimum Gasteiger partial charge on any atom is -0.468 e. The van der Waals surface area contributed by atoms with Crippen LogP contribution in [0.3, 0.4) is 0 Å². The van der Waals surface area contributed by atoms with Crippen molar-refractivity contribution in [3.05, 3.63) is 29.8 Å². The molecule has 1 aliphatic rings. The zero-order valence-corrected chi connectivity index (χ0v) is 11.9. The van der Waals surface area contributed by atoms with E-state index in [1.165, 1.54) is 18.4 Å². The molecule has 1 atom stereocenters. The van der Waals surface area contributed by atoms with Crippen molar-refractivity contribution in [3.63, 3.8) is 0 Å². The quantitative estimate of drug-likeness (QED) is 0.823. The summed E-state index contributed by atoms with van der Waals surface area (Å²) in [5.74, 6) is -0.0738. The van der Waals surface area contributed by atoms with Gasteiger partial charge in [-0.05, 0) is 11.6 Å². The fourth-order valence-electron chi connectivity index (χ4n) is 2.50. The highest BCUT2D eigenvalue weighted by Gasteiger charge is 2.24. The van der Waals surface area contributed by atoms with E-state index in [1.54, 1.807) is 0 Å². The molecule has 2 rings (SSSR count). The zero-order valence-electron chi connectivity index (χ0n) is 11.9. The van der Waals surface area contributed by atoms with Crippen molar-refractivity contribution in [2.45, 2.75) is 19.3 Å². The summed E-state index contributed by atoms with van der Waals surface area (Å²) in [5, 5.41) is 2.55. The van der Waals surface area contributed by atoms with Crippen molar-refractivity contribution < 1.29 is 14.3 Å². The minimum absolute atomic E-state index is 0.0671. The number of anilines is 1. The molecular weight excluding hydrogens is 256 g/mol. The first-order chi connectivity index (χ1) is 9.61. The van der Waals surface area contributed by atoms with Crippen LogP contribution in [0.1, 0.15) is 24.8 Å². The molecular formula is C15H20N2O3. The number of carbonyl (C=O) groups excluding carboxylic acids is 2. The molecule has 0 radical (unpaired) electrons. The van der Waals surface area contributed by atoms with Crippen LogP contribution in [-0.2, 0) is 14.3 Å². The Hall–Kier alpha value is -2.04. The van der Waals surface area contributed by atoms with E-state index < -0.39 is 5.97 Å². The predicted molar refractivity (Wildman–Crippen MR) is 76.7 cm³/mol. The van der Waals surface area contributed by atoms with Crippen LogP contribution in [-0.4, -0.2) is 38.6 Å². The number of benzene rings is 1. The maximum absolute atomic E-state index is 11.7. The molecule has 5 nitrogen and oxygen atoms in total.